The van der Waals surface area contributed by atoms with E-state index in [1.807, 2.05) is 56.3 Å². The van der Waals surface area contributed by atoms with E-state index in [0.717, 1.165) is 41.0 Å². The number of carbonyl (C=O) groups excluding carboxylic acids is 3. The number of nitrogens with one attached hydrogen (secondary N) is 2. The van der Waals surface area contributed by atoms with Crippen LogP contribution < -0.4 is 15.5 Å². The third-order valence-electron chi connectivity index (χ3n) is 4.87. The molecule has 1 heterocycles. The van der Waals surface area contributed by atoms with Gasteiger partial charge in [-0.3, -0.25) is 14.4 Å². The molecule has 0 atom stereocenters. The van der Waals surface area contributed by atoms with Crippen LogP contribution in [-0.4, -0.2) is 30.8 Å². The fourth-order valence-corrected chi connectivity index (χ4v) is 3.28. The molecule has 1 aliphatic heterocycles. The number of amides is 3. The number of carbonyl (C=O) groups is 3. The first-order valence-corrected chi connectivity index (χ1v) is 9.66. The number of anilines is 2. The lowest BCUT2D eigenvalue weighted by atomic mass is 10.1. The minimum atomic E-state index is -0.347. The van der Waals surface area contributed by atoms with Gasteiger partial charge in [0.25, 0.3) is 0 Å². The van der Waals surface area contributed by atoms with Crippen molar-refractivity contribution in [3.05, 3.63) is 65.2 Å². The van der Waals surface area contributed by atoms with Crippen LogP contribution in [0.25, 0.3) is 6.08 Å². The topological polar surface area (TPSA) is 78.5 Å². The van der Waals surface area contributed by atoms with Crippen LogP contribution >= 0.6 is 0 Å². The number of hydrogen-bond acceptors (Lipinski definition) is 3. The Morgan fingerprint density at radius 3 is 2.38 bits per heavy atom. The molecule has 0 bridgehead atoms. The van der Waals surface area contributed by atoms with E-state index in [2.05, 4.69) is 10.6 Å². The highest BCUT2D eigenvalue weighted by Gasteiger charge is 2.21. The van der Waals surface area contributed by atoms with Crippen LogP contribution in [0.2, 0.25) is 0 Å². The number of hydrogen-bond donors (Lipinski definition) is 2. The Morgan fingerprint density at radius 2 is 1.76 bits per heavy atom. The first kappa shape index (κ1) is 20.3. The Bertz CT molecular complexity index is 928. The molecule has 0 radical (unpaired) electrons. The maximum Gasteiger partial charge on any atom is 0.244 e. The van der Waals surface area contributed by atoms with Gasteiger partial charge >= 0.3 is 0 Å². The maximum atomic E-state index is 12.1. The predicted molar refractivity (Wildman–Crippen MR) is 115 cm³/mol. The maximum absolute atomic E-state index is 12.1. The van der Waals surface area contributed by atoms with E-state index >= 15 is 0 Å². The van der Waals surface area contributed by atoms with E-state index in [0.29, 0.717) is 6.42 Å². The first-order chi connectivity index (χ1) is 13.9. The first-order valence-electron chi connectivity index (χ1n) is 9.66. The lowest BCUT2D eigenvalue weighted by Gasteiger charge is -2.15. The molecular formula is C23H25N3O3. The molecule has 2 aromatic rings. The summed E-state index contributed by atoms with van der Waals surface area (Å²) < 4.78 is 0. The molecule has 0 saturated carbocycles. The van der Waals surface area contributed by atoms with Crippen molar-refractivity contribution in [2.24, 2.45) is 0 Å². The molecule has 29 heavy (non-hydrogen) atoms. The monoisotopic (exact) mass is 391 g/mol. The van der Waals surface area contributed by atoms with E-state index in [9.17, 15) is 14.4 Å². The Morgan fingerprint density at radius 1 is 1.07 bits per heavy atom. The van der Waals surface area contributed by atoms with Gasteiger partial charge < -0.3 is 15.5 Å². The highest BCUT2D eigenvalue weighted by molar-refractivity contribution is 5.99. The number of benzene rings is 2. The van der Waals surface area contributed by atoms with E-state index in [-0.39, 0.29) is 24.3 Å². The van der Waals surface area contributed by atoms with E-state index in [1.165, 1.54) is 6.08 Å². The molecule has 1 saturated heterocycles. The summed E-state index contributed by atoms with van der Waals surface area (Å²) in [6, 6.07) is 13.3. The minimum absolute atomic E-state index is 0.104. The van der Waals surface area contributed by atoms with Gasteiger partial charge in [-0.1, -0.05) is 30.3 Å². The van der Waals surface area contributed by atoms with Crippen LogP contribution in [0.4, 0.5) is 11.4 Å². The molecule has 0 unspecified atom stereocenters. The molecule has 3 rings (SSSR count). The number of nitrogens with zero attached hydrogens (tertiary/aromatic N) is 1. The molecule has 6 heteroatoms. The minimum Gasteiger partial charge on any atom is -0.343 e. The van der Waals surface area contributed by atoms with Gasteiger partial charge in [0.15, 0.2) is 0 Å². The van der Waals surface area contributed by atoms with Crippen molar-refractivity contribution >= 4 is 35.2 Å². The second-order valence-corrected chi connectivity index (χ2v) is 7.11. The summed E-state index contributed by atoms with van der Waals surface area (Å²) in [6.07, 6.45) is 4.55. The van der Waals surface area contributed by atoms with Crippen molar-refractivity contribution in [1.82, 2.24) is 5.32 Å². The van der Waals surface area contributed by atoms with E-state index < -0.39 is 0 Å². The van der Waals surface area contributed by atoms with Crippen LogP contribution in [0, 0.1) is 13.8 Å². The van der Waals surface area contributed by atoms with Gasteiger partial charge in [-0.05, 0) is 55.2 Å². The van der Waals surface area contributed by atoms with Crippen LogP contribution in [0.3, 0.4) is 0 Å². The number of aryl methyl sites for hydroxylation is 2. The molecule has 2 aromatic carbocycles. The van der Waals surface area contributed by atoms with Crippen LogP contribution in [0.5, 0.6) is 0 Å². The van der Waals surface area contributed by atoms with Crippen molar-refractivity contribution in [2.45, 2.75) is 26.7 Å². The zero-order valence-electron chi connectivity index (χ0n) is 16.7. The zero-order chi connectivity index (χ0) is 20.8. The van der Waals surface area contributed by atoms with Gasteiger partial charge in [0.1, 0.15) is 0 Å². The van der Waals surface area contributed by atoms with Gasteiger partial charge in [0.2, 0.25) is 17.7 Å². The summed E-state index contributed by atoms with van der Waals surface area (Å²) in [5, 5.41) is 5.42. The summed E-state index contributed by atoms with van der Waals surface area (Å²) in [5.74, 6) is -0.476. The molecule has 150 valence electrons. The van der Waals surface area contributed by atoms with Crippen molar-refractivity contribution in [1.29, 1.82) is 0 Å². The highest BCUT2D eigenvalue weighted by Crippen LogP contribution is 2.22. The molecule has 1 fully saturated rings. The zero-order valence-corrected chi connectivity index (χ0v) is 16.7. The molecule has 2 N–H and O–H groups in total. The van der Waals surface area contributed by atoms with Crippen LogP contribution in [-0.2, 0) is 14.4 Å². The summed E-state index contributed by atoms with van der Waals surface area (Å²) in [5.41, 5.74) is 4.44. The Hall–Kier alpha value is -3.41. The van der Waals surface area contributed by atoms with Gasteiger partial charge in [-0.25, -0.2) is 0 Å². The highest BCUT2D eigenvalue weighted by atomic mass is 16.2. The molecule has 3 amide bonds. The average Bonchev–Trinajstić information content (AvgIpc) is 3.14. The lowest BCUT2D eigenvalue weighted by Crippen LogP contribution is -2.32. The van der Waals surface area contributed by atoms with Gasteiger partial charge in [0.05, 0.1) is 6.54 Å². The Labute approximate surface area is 170 Å². The van der Waals surface area contributed by atoms with Gasteiger partial charge in [-0.15, -0.1) is 0 Å². The number of para-hydroxylation sites is 1. The quantitative estimate of drug-likeness (QED) is 0.743. The fourth-order valence-electron chi connectivity index (χ4n) is 3.28. The van der Waals surface area contributed by atoms with Gasteiger partial charge in [0, 0.05) is 30.4 Å². The summed E-state index contributed by atoms with van der Waals surface area (Å²) >= 11 is 0. The van der Waals surface area contributed by atoms with Crippen LogP contribution in [0.1, 0.15) is 29.5 Å². The molecular weight excluding hydrogens is 366 g/mol. The predicted octanol–water partition coefficient (Wildman–Crippen LogP) is 3.20. The standard InChI is InChI=1S/C23H25N3O3/c1-16-5-3-6-17(2)23(16)25-21(28)15-24-20(27)13-10-18-8-11-19(12-9-18)26-14-4-7-22(26)29/h3,5-6,8-13H,4,7,14-15H2,1-2H3,(H,24,27)(H,25,28)/b13-10+. The summed E-state index contributed by atoms with van der Waals surface area (Å²) in [7, 11) is 0. The third-order valence-corrected chi connectivity index (χ3v) is 4.87. The van der Waals surface area contributed by atoms with E-state index in [4.69, 9.17) is 0 Å². The lowest BCUT2D eigenvalue weighted by molar-refractivity contribution is -0.121. The fraction of sp³-hybridized carbons (Fsp3) is 0.261. The molecule has 1 aliphatic rings. The number of rotatable bonds is 6. The Kier molecular flexibility index (Phi) is 6.44. The molecule has 0 spiro atoms. The normalized spacial score (nSPS) is 13.7. The second-order valence-electron chi connectivity index (χ2n) is 7.11. The molecule has 6 nitrogen and oxygen atoms in total. The smallest absolute Gasteiger partial charge is 0.244 e. The van der Waals surface area contributed by atoms with Crippen LogP contribution in [0.15, 0.2) is 48.5 Å². The second kappa shape index (κ2) is 9.19. The average molecular weight is 391 g/mol. The SMILES string of the molecule is Cc1cccc(C)c1NC(=O)CNC(=O)/C=C/c1ccc(N2CCCC2=O)cc1. The third kappa shape index (κ3) is 5.31. The summed E-state index contributed by atoms with van der Waals surface area (Å²) in [4.78, 5) is 37.7. The van der Waals surface area contributed by atoms with Crippen molar-refractivity contribution in [3.8, 4) is 0 Å². The summed E-state index contributed by atoms with van der Waals surface area (Å²) in [6.45, 7) is 4.50. The van der Waals surface area contributed by atoms with Crippen molar-refractivity contribution < 1.29 is 14.4 Å². The molecule has 0 aliphatic carbocycles. The van der Waals surface area contributed by atoms with E-state index in [1.54, 1.807) is 11.0 Å². The van der Waals surface area contributed by atoms with Crippen molar-refractivity contribution in [3.63, 3.8) is 0 Å². The largest absolute Gasteiger partial charge is 0.343 e. The Balaban J connectivity index is 1.49. The van der Waals surface area contributed by atoms with Crippen molar-refractivity contribution in [2.75, 3.05) is 23.3 Å². The van der Waals surface area contributed by atoms with Gasteiger partial charge in [-0.2, -0.15) is 0 Å². The molecule has 0 aromatic heterocycles.